The van der Waals surface area contributed by atoms with E-state index in [2.05, 4.69) is 0 Å². The quantitative estimate of drug-likeness (QED) is 0.799. The topological polar surface area (TPSA) is 40.2 Å². The Hall–Kier alpha value is -1.47. The zero-order valence-electron chi connectivity index (χ0n) is 10.5. The molecule has 2 atom stereocenters. The minimum absolute atomic E-state index is 0.00222. The van der Waals surface area contributed by atoms with Crippen LogP contribution in [0.4, 0.5) is 13.2 Å². The third-order valence-corrected chi connectivity index (χ3v) is 3.02. The summed E-state index contributed by atoms with van der Waals surface area (Å²) in [6, 6.07) is 4.14. The van der Waals surface area contributed by atoms with Gasteiger partial charge in [0.15, 0.2) is 17.6 Å². The first kappa shape index (κ1) is 13.5. The van der Waals surface area contributed by atoms with E-state index in [0.29, 0.717) is 31.3 Å². The van der Waals surface area contributed by atoms with Crippen molar-refractivity contribution in [2.45, 2.75) is 18.4 Å². The van der Waals surface area contributed by atoms with Crippen LogP contribution >= 0.6 is 0 Å². The molecule has 0 unspecified atom stereocenters. The first-order valence-electron chi connectivity index (χ1n) is 6.23. The number of fused-ring (bicyclic) bond motifs is 1. The van der Waals surface area contributed by atoms with Gasteiger partial charge in [-0.15, -0.1) is 0 Å². The van der Waals surface area contributed by atoms with Gasteiger partial charge in [0.2, 0.25) is 0 Å². The number of alkyl halides is 3. The lowest BCUT2D eigenvalue weighted by molar-refractivity contribution is -0.224. The fraction of sp³-hybridized carbons (Fsp3) is 0.538. The van der Waals surface area contributed by atoms with Crippen molar-refractivity contribution in [1.29, 1.82) is 0 Å². The molecule has 110 valence electrons. The molecule has 0 N–H and O–H groups in total. The van der Waals surface area contributed by atoms with Gasteiger partial charge < -0.3 is 18.9 Å². The summed E-state index contributed by atoms with van der Waals surface area (Å²) in [6.45, 7) is 1.10. The van der Waals surface area contributed by atoms with Crippen molar-refractivity contribution < 1.29 is 32.1 Å². The van der Waals surface area contributed by atoms with Gasteiger partial charge in [-0.3, -0.25) is 0 Å². The molecule has 7 heteroatoms. The molecule has 0 bridgehead atoms. The monoisotopic (exact) mass is 290 g/mol. The maximum atomic E-state index is 13.1. The molecule has 0 amide bonds. The Morgan fingerprint density at radius 2 is 1.90 bits per heavy atom. The molecule has 4 nitrogen and oxygen atoms in total. The highest BCUT2D eigenvalue weighted by atomic mass is 19.4. The molecule has 0 aromatic heterocycles. The normalized spacial score (nSPS) is 22.4. The molecule has 1 fully saturated rings. The molecule has 20 heavy (non-hydrogen) atoms. The maximum absolute atomic E-state index is 13.1. The van der Waals surface area contributed by atoms with Gasteiger partial charge in [0.25, 0.3) is 0 Å². The average Bonchev–Trinajstić information content (AvgIpc) is 3.21. The third-order valence-electron chi connectivity index (χ3n) is 3.02. The zero-order chi connectivity index (χ0) is 14.2. The van der Waals surface area contributed by atoms with Crippen molar-refractivity contribution in [3.63, 3.8) is 0 Å². The van der Waals surface area contributed by atoms with Crippen LogP contribution in [-0.4, -0.2) is 38.7 Å². The number of hydrogen-bond donors (Lipinski definition) is 0. The van der Waals surface area contributed by atoms with Gasteiger partial charge in [0.05, 0.1) is 13.2 Å². The lowest BCUT2D eigenvalue weighted by Gasteiger charge is -2.23. The minimum Gasteiger partial charge on any atom is -0.486 e. The Labute approximate surface area is 113 Å². The number of rotatable bonds is 4. The van der Waals surface area contributed by atoms with Gasteiger partial charge in [-0.25, -0.2) is 0 Å². The molecular formula is C13H13F3O4. The van der Waals surface area contributed by atoms with Crippen LogP contribution < -0.4 is 9.47 Å². The summed E-state index contributed by atoms with van der Waals surface area (Å²) in [5, 5.41) is 0. The lowest BCUT2D eigenvalue weighted by atomic mass is 10.1. The van der Waals surface area contributed by atoms with Crippen LogP contribution in [0.25, 0.3) is 0 Å². The van der Waals surface area contributed by atoms with Crippen LogP contribution in [0.15, 0.2) is 18.2 Å². The van der Waals surface area contributed by atoms with Crippen molar-refractivity contribution in [3.05, 3.63) is 23.8 Å². The van der Waals surface area contributed by atoms with E-state index >= 15 is 0 Å². The molecule has 2 heterocycles. The molecular weight excluding hydrogens is 277 g/mol. The molecule has 1 aromatic carbocycles. The first-order chi connectivity index (χ1) is 9.54. The second-order valence-electron chi connectivity index (χ2n) is 4.61. The smallest absolute Gasteiger partial charge is 0.418 e. The fourth-order valence-electron chi connectivity index (χ4n) is 1.97. The van der Waals surface area contributed by atoms with Gasteiger partial charge >= 0.3 is 6.18 Å². The SMILES string of the molecule is FC(F)(F)[C@H](OC[C@@H]1CO1)c1ccc2c(c1)OCCO2. The summed E-state index contributed by atoms with van der Waals surface area (Å²) in [7, 11) is 0. The number of halogens is 3. The Morgan fingerprint density at radius 1 is 1.20 bits per heavy atom. The molecule has 0 saturated carbocycles. The van der Waals surface area contributed by atoms with Crippen molar-refractivity contribution in [2.24, 2.45) is 0 Å². The second kappa shape index (κ2) is 5.14. The largest absolute Gasteiger partial charge is 0.486 e. The van der Waals surface area contributed by atoms with Crippen LogP contribution in [0.3, 0.4) is 0 Å². The van der Waals surface area contributed by atoms with Crippen molar-refractivity contribution >= 4 is 0 Å². The molecule has 2 aliphatic heterocycles. The zero-order valence-corrected chi connectivity index (χ0v) is 10.5. The first-order valence-corrected chi connectivity index (χ1v) is 6.23. The van der Waals surface area contributed by atoms with E-state index in [1.165, 1.54) is 18.2 Å². The third kappa shape index (κ3) is 2.99. The highest BCUT2D eigenvalue weighted by molar-refractivity contribution is 5.44. The van der Waals surface area contributed by atoms with Crippen LogP contribution in [0.2, 0.25) is 0 Å². The Morgan fingerprint density at radius 3 is 2.55 bits per heavy atom. The molecule has 2 aliphatic rings. The van der Waals surface area contributed by atoms with Gasteiger partial charge in [-0.05, 0) is 17.7 Å². The van der Waals surface area contributed by atoms with Crippen molar-refractivity contribution in [1.82, 2.24) is 0 Å². The molecule has 0 aliphatic carbocycles. The molecule has 0 spiro atoms. The summed E-state index contributed by atoms with van der Waals surface area (Å²) >= 11 is 0. The predicted octanol–water partition coefficient (Wildman–Crippen LogP) is 2.48. The van der Waals surface area contributed by atoms with Crippen molar-refractivity contribution in [3.8, 4) is 11.5 Å². The van der Waals surface area contributed by atoms with E-state index in [1.807, 2.05) is 0 Å². The number of hydrogen-bond acceptors (Lipinski definition) is 4. The van der Waals surface area contributed by atoms with Gasteiger partial charge in [0.1, 0.15) is 19.3 Å². The standard InChI is InChI=1S/C13H13F3O4/c14-13(15,16)12(20-7-9-6-19-9)8-1-2-10-11(5-8)18-4-3-17-10/h1-2,5,9,12H,3-4,6-7H2/t9-,12+/m0/s1. The summed E-state index contributed by atoms with van der Waals surface area (Å²) < 4.78 is 59.6. The number of epoxide rings is 1. The predicted molar refractivity (Wildman–Crippen MR) is 61.9 cm³/mol. The summed E-state index contributed by atoms with van der Waals surface area (Å²) in [5.41, 5.74) is 0.00222. The van der Waals surface area contributed by atoms with E-state index in [-0.39, 0.29) is 18.3 Å². The average molecular weight is 290 g/mol. The summed E-state index contributed by atoms with van der Waals surface area (Å²) in [4.78, 5) is 0. The van der Waals surface area contributed by atoms with Crippen molar-refractivity contribution in [2.75, 3.05) is 26.4 Å². The van der Waals surface area contributed by atoms with Gasteiger partial charge in [0, 0.05) is 0 Å². The fourth-order valence-corrected chi connectivity index (χ4v) is 1.97. The summed E-state index contributed by atoms with van der Waals surface area (Å²) in [5.74, 6) is 0.765. The minimum atomic E-state index is -4.49. The van der Waals surface area contributed by atoms with Crippen LogP contribution in [-0.2, 0) is 9.47 Å². The highest BCUT2D eigenvalue weighted by Crippen LogP contribution is 2.40. The molecule has 3 rings (SSSR count). The van der Waals surface area contributed by atoms with E-state index in [0.717, 1.165) is 0 Å². The molecule has 1 saturated heterocycles. The van der Waals surface area contributed by atoms with Crippen LogP contribution in [0.5, 0.6) is 11.5 Å². The van der Waals surface area contributed by atoms with E-state index in [4.69, 9.17) is 18.9 Å². The van der Waals surface area contributed by atoms with E-state index in [1.54, 1.807) is 0 Å². The number of benzene rings is 1. The molecule has 1 aromatic rings. The van der Waals surface area contributed by atoms with Crippen LogP contribution in [0, 0.1) is 0 Å². The summed E-state index contributed by atoms with van der Waals surface area (Å²) in [6.07, 6.45) is -6.70. The van der Waals surface area contributed by atoms with Gasteiger partial charge in [-0.1, -0.05) is 6.07 Å². The molecule has 0 radical (unpaired) electrons. The van der Waals surface area contributed by atoms with E-state index in [9.17, 15) is 13.2 Å². The Kier molecular flexibility index (Phi) is 3.47. The Balaban J connectivity index is 1.81. The van der Waals surface area contributed by atoms with Crippen LogP contribution in [0.1, 0.15) is 11.7 Å². The second-order valence-corrected chi connectivity index (χ2v) is 4.61. The lowest BCUT2D eigenvalue weighted by Crippen LogP contribution is -2.25. The highest BCUT2D eigenvalue weighted by Gasteiger charge is 2.43. The van der Waals surface area contributed by atoms with E-state index < -0.39 is 12.3 Å². The maximum Gasteiger partial charge on any atom is 0.418 e. The number of ether oxygens (including phenoxy) is 4. The Bertz CT molecular complexity index is 485. The van der Waals surface area contributed by atoms with Gasteiger partial charge in [-0.2, -0.15) is 13.2 Å².